The molecule has 25 heavy (non-hydrogen) atoms. The van der Waals surface area contributed by atoms with Crippen LogP contribution in [0.5, 0.6) is 0 Å². The van der Waals surface area contributed by atoms with Gasteiger partial charge in [-0.1, -0.05) is 42.5 Å². The quantitative estimate of drug-likeness (QED) is 0.778. The van der Waals surface area contributed by atoms with Gasteiger partial charge in [0.1, 0.15) is 6.04 Å². The fraction of sp³-hybridized carbons (Fsp3) is 0.316. The maximum absolute atomic E-state index is 12.3. The summed E-state index contributed by atoms with van der Waals surface area (Å²) in [7, 11) is 2.51. The van der Waals surface area contributed by atoms with E-state index in [0.29, 0.717) is 0 Å². The summed E-state index contributed by atoms with van der Waals surface area (Å²) in [6.07, 6.45) is 0.284. The molecule has 0 radical (unpaired) electrons. The van der Waals surface area contributed by atoms with E-state index in [1.807, 2.05) is 42.5 Å². The molecular formula is C19H21NO5. The van der Waals surface area contributed by atoms with Crippen LogP contribution < -0.4 is 5.32 Å². The number of nitrogens with one attached hydrogen (secondary N) is 1. The Balaban J connectivity index is 2.01. The molecule has 2 rings (SSSR count). The highest BCUT2D eigenvalue weighted by Crippen LogP contribution is 2.16. The number of hydrogen-bond donors (Lipinski definition) is 1. The van der Waals surface area contributed by atoms with Crippen LogP contribution in [0.15, 0.2) is 42.5 Å². The van der Waals surface area contributed by atoms with Gasteiger partial charge < -0.3 is 14.8 Å². The minimum absolute atomic E-state index is 0.0204. The first kappa shape index (κ1) is 18.4. The SMILES string of the molecule is COC(=O)CC[C@H](NC(=O)Cc1ccc2ccccc2c1)C(=O)OC. The number of hydrogen-bond acceptors (Lipinski definition) is 5. The van der Waals surface area contributed by atoms with Crippen molar-refractivity contribution in [2.45, 2.75) is 25.3 Å². The molecule has 0 aliphatic rings. The van der Waals surface area contributed by atoms with E-state index < -0.39 is 18.0 Å². The summed E-state index contributed by atoms with van der Waals surface area (Å²) in [5.41, 5.74) is 0.841. The average Bonchev–Trinajstić information content (AvgIpc) is 2.63. The average molecular weight is 343 g/mol. The van der Waals surface area contributed by atoms with Gasteiger partial charge in [0.25, 0.3) is 0 Å². The second-order valence-electron chi connectivity index (χ2n) is 5.62. The largest absolute Gasteiger partial charge is 0.469 e. The van der Waals surface area contributed by atoms with Gasteiger partial charge in [0, 0.05) is 6.42 Å². The number of rotatable bonds is 7. The molecule has 1 N–H and O–H groups in total. The maximum Gasteiger partial charge on any atom is 0.328 e. The summed E-state index contributed by atoms with van der Waals surface area (Å²) in [4.78, 5) is 35.3. The van der Waals surface area contributed by atoms with Gasteiger partial charge in [0.05, 0.1) is 20.6 Å². The van der Waals surface area contributed by atoms with E-state index in [1.165, 1.54) is 14.2 Å². The Labute approximate surface area is 146 Å². The minimum atomic E-state index is -0.878. The zero-order valence-electron chi connectivity index (χ0n) is 14.3. The number of ether oxygens (including phenoxy) is 2. The predicted molar refractivity (Wildman–Crippen MR) is 92.8 cm³/mol. The second-order valence-corrected chi connectivity index (χ2v) is 5.62. The third kappa shape index (κ3) is 5.31. The first-order valence-electron chi connectivity index (χ1n) is 7.95. The molecular weight excluding hydrogens is 322 g/mol. The highest BCUT2D eigenvalue weighted by molar-refractivity contribution is 5.88. The number of benzene rings is 2. The number of amides is 1. The van der Waals surface area contributed by atoms with Crippen molar-refractivity contribution in [1.29, 1.82) is 0 Å². The Morgan fingerprint density at radius 3 is 2.40 bits per heavy atom. The molecule has 2 aromatic carbocycles. The second kappa shape index (κ2) is 8.82. The van der Waals surface area contributed by atoms with Crippen LogP contribution in [-0.4, -0.2) is 38.1 Å². The van der Waals surface area contributed by atoms with Crippen LogP contribution in [0.2, 0.25) is 0 Å². The van der Waals surface area contributed by atoms with Gasteiger partial charge in [-0.25, -0.2) is 4.79 Å². The number of esters is 2. The van der Waals surface area contributed by atoms with Crippen LogP contribution in [0, 0.1) is 0 Å². The maximum atomic E-state index is 12.3. The van der Waals surface area contributed by atoms with Crippen LogP contribution in [0.1, 0.15) is 18.4 Å². The van der Waals surface area contributed by atoms with E-state index in [2.05, 4.69) is 14.8 Å². The molecule has 1 atom stereocenters. The lowest BCUT2D eigenvalue weighted by Gasteiger charge is -2.16. The van der Waals surface area contributed by atoms with Gasteiger partial charge in [0.2, 0.25) is 5.91 Å². The van der Waals surface area contributed by atoms with Crippen molar-refractivity contribution < 1.29 is 23.9 Å². The normalized spacial score (nSPS) is 11.6. The summed E-state index contributed by atoms with van der Waals surface area (Å²) in [5, 5.41) is 4.76. The standard InChI is InChI=1S/C19H21NO5/c1-24-18(22)10-9-16(19(23)25-2)20-17(21)12-13-7-8-14-5-3-4-6-15(14)11-13/h3-8,11,16H,9-10,12H2,1-2H3,(H,20,21)/t16-/m0/s1. The van der Waals surface area contributed by atoms with E-state index in [9.17, 15) is 14.4 Å². The van der Waals surface area contributed by atoms with Crippen molar-refractivity contribution in [2.24, 2.45) is 0 Å². The molecule has 0 aliphatic carbocycles. The van der Waals surface area contributed by atoms with Crippen molar-refractivity contribution >= 4 is 28.6 Å². The number of carbonyl (C=O) groups is 3. The van der Waals surface area contributed by atoms with Crippen LogP contribution in [-0.2, 0) is 30.3 Å². The van der Waals surface area contributed by atoms with Gasteiger partial charge in [-0.05, 0) is 22.8 Å². The van der Waals surface area contributed by atoms with Gasteiger partial charge in [-0.15, -0.1) is 0 Å². The lowest BCUT2D eigenvalue weighted by Crippen LogP contribution is -2.42. The van der Waals surface area contributed by atoms with Gasteiger partial charge in [-0.3, -0.25) is 9.59 Å². The van der Waals surface area contributed by atoms with Gasteiger partial charge in [0.15, 0.2) is 0 Å². The predicted octanol–water partition coefficient (Wildman–Crippen LogP) is 1.99. The van der Waals surface area contributed by atoms with Crippen LogP contribution in [0.3, 0.4) is 0 Å². The van der Waals surface area contributed by atoms with Crippen LogP contribution >= 0.6 is 0 Å². The lowest BCUT2D eigenvalue weighted by molar-refractivity contribution is -0.146. The Kier molecular flexibility index (Phi) is 6.51. The summed E-state index contributed by atoms with van der Waals surface area (Å²) in [6.45, 7) is 0. The highest BCUT2D eigenvalue weighted by atomic mass is 16.5. The smallest absolute Gasteiger partial charge is 0.328 e. The van der Waals surface area contributed by atoms with Gasteiger partial charge >= 0.3 is 11.9 Å². The summed E-state index contributed by atoms with van der Waals surface area (Å²) in [6, 6.07) is 12.8. The Hall–Kier alpha value is -2.89. The van der Waals surface area contributed by atoms with Crippen LogP contribution in [0.25, 0.3) is 10.8 Å². The zero-order valence-corrected chi connectivity index (χ0v) is 14.3. The Bertz CT molecular complexity index is 771. The summed E-state index contributed by atoms with van der Waals surface area (Å²) >= 11 is 0. The molecule has 6 heteroatoms. The van der Waals surface area contributed by atoms with Crippen molar-refractivity contribution in [2.75, 3.05) is 14.2 Å². The zero-order chi connectivity index (χ0) is 18.2. The van der Waals surface area contributed by atoms with Crippen molar-refractivity contribution in [3.8, 4) is 0 Å². The first-order chi connectivity index (χ1) is 12.0. The van der Waals surface area contributed by atoms with Crippen molar-refractivity contribution in [3.05, 3.63) is 48.0 Å². The molecule has 1 amide bonds. The molecule has 132 valence electrons. The third-order valence-electron chi connectivity index (χ3n) is 3.86. The number of methoxy groups -OCH3 is 2. The molecule has 0 fully saturated rings. The van der Waals surface area contributed by atoms with E-state index in [-0.39, 0.29) is 25.2 Å². The summed E-state index contributed by atoms with van der Waals surface area (Å²) < 4.78 is 9.23. The minimum Gasteiger partial charge on any atom is -0.469 e. The topological polar surface area (TPSA) is 81.7 Å². The molecule has 2 aromatic rings. The van der Waals surface area contributed by atoms with Gasteiger partial charge in [-0.2, -0.15) is 0 Å². The van der Waals surface area contributed by atoms with Crippen LogP contribution in [0.4, 0.5) is 0 Å². The third-order valence-corrected chi connectivity index (χ3v) is 3.86. The first-order valence-corrected chi connectivity index (χ1v) is 7.95. The van der Waals surface area contributed by atoms with Crippen molar-refractivity contribution in [3.63, 3.8) is 0 Å². The monoisotopic (exact) mass is 343 g/mol. The van der Waals surface area contributed by atoms with Crippen molar-refractivity contribution in [1.82, 2.24) is 5.32 Å². The molecule has 0 unspecified atom stereocenters. The molecule has 0 saturated carbocycles. The molecule has 0 heterocycles. The van der Waals surface area contributed by atoms with E-state index in [4.69, 9.17) is 0 Å². The molecule has 0 bridgehead atoms. The Morgan fingerprint density at radius 1 is 1.00 bits per heavy atom. The molecule has 0 saturated heterocycles. The fourth-order valence-electron chi connectivity index (χ4n) is 2.53. The van der Waals surface area contributed by atoms with E-state index in [1.54, 1.807) is 0 Å². The highest BCUT2D eigenvalue weighted by Gasteiger charge is 2.22. The number of carbonyl (C=O) groups excluding carboxylic acids is 3. The summed E-state index contributed by atoms with van der Waals surface area (Å²) in [5.74, 6) is -1.34. The fourth-order valence-corrected chi connectivity index (χ4v) is 2.53. The molecule has 0 aliphatic heterocycles. The lowest BCUT2D eigenvalue weighted by atomic mass is 10.0. The molecule has 0 aromatic heterocycles. The Morgan fingerprint density at radius 2 is 1.72 bits per heavy atom. The molecule has 6 nitrogen and oxygen atoms in total. The van der Waals surface area contributed by atoms with E-state index >= 15 is 0 Å². The molecule has 0 spiro atoms. The number of fused-ring (bicyclic) bond motifs is 1. The van der Waals surface area contributed by atoms with E-state index in [0.717, 1.165) is 16.3 Å².